The van der Waals surface area contributed by atoms with Crippen LogP contribution in [0.2, 0.25) is 0 Å². The molecule has 0 bridgehead atoms. The normalized spacial score (nSPS) is 13.1. The summed E-state index contributed by atoms with van der Waals surface area (Å²) in [7, 11) is 0. The molecule has 1 amide bonds. The van der Waals surface area contributed by atoms with Gasteiger partial charge < -0.3 is 11.1 Å². The molecule has 1 unspecified atom stereocenters. The quantitative estimate of drug-likeness (QED) is 0.792. The molecule has 1 heterocycles. The number of nitrogens with one attached hydrogen (secondary N) is 1. The van der Waals surface area contributed by atoms with E-state index >= 15 is 0 Å². The summed E-state index contributed by atoms with van der Waals surface area (Å²) in [5, 5.41) is 11.2. The van der Waals surface area contributed by atoms with Crippen LogP contribution < -0.4 is 11.1 Å². The lowest BCUT2D eigenvalue weighted by molar-refractivity contribution is -0.120. The fourth-order valence-electron chi connectivity index (χ4n) is 1.47. The third-order valence-corrected chi connectivity index (χ3v) is 3.35. The number of anilines is 1. The van der Waals surface area contributed by atoms with Gasteiger partial charge in [-0.2, -0.15) is 0 Å². The molecule has 0 radical (unpaired) electrons. The van der Waals surface area contributed by atoms with Crippen LogP contribution in [0.5, 0.6) is 0 Å². The van der Waals surface area contributed by atoms with Gasteiger partial charge in [-0.3, -0.25) is 9.36 Å². The van der Waals surface area contributed by atoms with Gasteiger partial charge in [0.05, 0.1) is 5.25 Å². The van der Waals surface area contributed by atoms with Crippen molar-refractivity contribution in [1.82, 2.24) is 20.1 Å². The molecule has 0 spiro atoms. The van der Waals surface area contributed by atoms with Crippen LogP contribution in [0.4, 0.5) is 5.95 Å². The third kappa shape index (κ3) is 3.63. The average molecular weight is 271 g/mol. The fraction of sp³-hybridized carbons (Fsp3) is 0.727. The molecule has 0 aliphatic carbocycles. The third-order valence-electron chi connectivity index (χ3n) is 2.29. The predicted octanol–water partition coefficient (Wildman–Crippen LogP) is 1.45. The molecule has 18 heavy (non-hydrogen) atoms. The van der Waals surface area contributed by atoms with Gasteiger partial charge in [-0.05, 0) is 34.6 Å². The summed E-state index contributed by atoms with van der Waals surface area (Å²) < 4.78 is 1.82. The van der Waals surface area contributed by atoms with Crippen LogP contribution in [0, 0.1) is 0 Å². The lowest BCUT2D eigenvalue weighted by atomic mass is 10.3. The summed E-state index contributed by atoms with van der Waals surface area (Å²) in [4.78, 5) is 11.8. The molecule has 1 aromatic heterocycles. The van der Waals surface area contributed by atoms with E-state index in [0.717, 1.165) is 0 Å². The minimum absolute atomic E-state index is 0.00752. The van der Waals surface area contributed by atoms with Crippen molar-refractivity contribution in [2.45, 2.75) is 57.1 Å². The number of nitrogens with two attached hydrogens (primary N) is 1. The first-order chi connectivity index (χ1) is 8.32. The smallest absolute Gasteiger partial charge is 0.233 e. The molecule has 0 aliphatic heterocycles. The number of carbonyl (C=O) groups excluding carboxylic acids is 1. The molecule has 0 saturated carbocycles. The first-order valence-corrected chi connectivity index (χ1v) is 6.88. The Morgan fingerprint density at radius 2 is 1.89 bits per heavy atom. The van der Waals surface area contributed by atoms with E-state index in [1.165, 1.54) is 11.8 Å². The van der Waals surface area contributed by atoms with Crippen molar-refractivity contribution in [1.29, 1.82) is 0 Å². The second-order valence-corrected chi connectivity index (χ2v) is 6.04. The van der Waals surface area contributed by atoms with Crippen LogP contribution in [0.3, 0.4) is 0 Å². The molecule has 1 atom stereocenters. The van der Waals surface area contributed by atoms with Crippen molar-refractivity contribution < 1.29 is 4.79 Å². The minimum Gasteiger partial charge on any atom is -0.368 e. The van der Waals surface area contributed by atoms with Crippen molar-refractivity contribution in [2.75, 3.05) is 5.73 Å². The molecule has 0 saturated heterocycles. The maximum absolute atomic E-state index is 11.8. The van der Waals surface area contributed by atoms with Gasteiger partial charge in [0.2, 0.25) is 11.9 Å². The zero-order valence-corrected chi connectivity index (χ0v) is 12.3. The Hall–Kier alpha value is -1.24. The van der Waals surface area contributed by atoms with Crippen LogP contribution in [0.25, 0.3) is 0 Å². The maximum atomic E-state index is 11.8. The molecule has 3 N–H and O–H groups in total. The van der Waals surface area contributed by atoms with Crippen molar-refractivity contribution >= 4 is 23.6 Å². The standard InChI is InChI=1S/C11H21N5OS/c1-6(2)13-9(17)8(5)18-11-15-14-10(12)16(11)7(3)4/h6-8H,1-5H3,(H2,12,14)(H,13,17). The highest BCUT2D eigenvalue weighted by Crippen LogP contribution is 2.26. The zero-order valence-electron chi connectivity index (χ0n) is 11.5. The van der Waals surface area contributed by atoms with Gasteiger partial charge in [-0.1, -0.05) is 11.8 Å². The van der Waals surface area contributed by atoms with E-state index in [-0.39, 0.29) is 23.2 Å². The Bertz CT molecular complexity index is 416. The number of amides is 1. The summed E-state index contributed by atoms with van der Waals surface area (Å²) in [6, 6.07) is 0.302. The second kappa shape index (κ2) is 6.08. The molecule has 102 valence electrons. The first-order valence-electron chi connectivity index (χ1n) is 6.00. The van der Waals surface area contributed by atoms with Gasteiger partial charge in [0.25, 0.3) is 0 Å². The number of thioether (sulfide) groups is 1. The molecule has 0 fully saturated rings. The van der Waals surface area contributed by atoms with Crippen molar-refractivity contribution in [3.05, 3.63) is 0 Å². The predicted molar refractivity (Wildman–Crippen MR) is 73.4 cm³/mol. The highest BCUT2D eigenvalue weighted by atomic mass is 32.2. The van der Waals surface area contributed by atoms with Gasteiger partial charge in [0, 0.05) is 12.1 Å². The van der Waals surface area contributed by atoms with Gasteiger partial charge in [0.15, 0.2) is 5.16 Å². The summed E-state index contributed by atoms with van der Waals surface area (Å²) >= 11 is 1.37. The number of nitrogen functional groups attached to an aromatic ring is 1. The lowest BCUT2D eigenvalue weighted by Crippen LogP contribution is -2.36. The Labute approximate surface area is 112 Å². The SMILES string of the molecule is CC(C)NC(=O)C(C)Sc1nnc(N)n1C(C)C. The van der Waals surface area contributed by atoms with Crippen LogP contribution in [0.15, 0.2) is 5.16 Å². The molecule has 0 aromatic carbocycles. The van der Waals surface area contributed by atoms with Crippen LogP contribution in [0.1, 0.15) is 40.7 Å². The first kappa shape index (κ1) is 14.8. The van der Waals surface area contributed by atoms with E-state index in [2.05, 4.69) is 15.5 Å². The Morgan fingerprint density at radius 1 is 1.28 bits per heavy atom. The number of aromatic nitrogens is 3. The lowest BCUT2D eigenvalue weighted by Gasteiger charge is -2.16. The maximum Gasteiger partial charge on any atom is 0.233 e. The highest BCUT2D eigenvalue weighted by molar-refractivity contribution is 8.00. The summed E-state index contributed by atoms with van der Waals surface area (Å²) in [6.07, 6.45) is 0. The summed E-state index contributed by atoms with van der Waals surface area (Å²) in [5.41, 5.74) is 5.75. The Balaban J connectivity index is 2.76. The highest BCUT2D eigenvalue weighted by Gasteiger charge is 2.20. The number of nitrogens with zero attached hydrogens (tertiary/aromatic N) is 3. The van der Waals surface area contributed by atoms with Gasteiger partial charge >= 0.3 is 0 Å². The van der Waals surface area contributed by atoms with Gasteiger partial charge in [0.1, 0.15) is 0 Å². The molecule has 7 heteroatoms. The van der Waals surface area contributed by atoms with Crippen molar-refractivity contribution in [2.24, 2.45) is 0 Å². The van der Waals surface area contributed by atoms with Crippen LogP contribution >= 0.6 is 11.8 Å². The zero-order chi connectivity index (χ0) is 13.9. The van der Waals surface area contributed by atoms with Crippen molar-refractivity contribution in [3.8, 4) is 0 Å². The molecule has 0 aliphatic rings. The molecular weight excluding hydrogens is 250 g/mol. The van der Waals surface area contributed by atoms with Gasteiger partial charge in [-0.15, -0.1) is 10.2 Å². The van der Waals surface area contributed by atoms with Gasteiger partial charge in [-0.25, -0.2) is 0 Å². The number of carbonyl (C=O) groups is 1. The van der Waals surface area contributed by atoms with E-state index in [1.54, 1.807) is 0 Å². The largest absolute Gasteiger partial charge is 0.368 e. The number of hydrogen-bond acceptors (Lipinski definition) is 5. The Morgan fingerprint density at radius 3 is 2.39 bits per heavy atom. The molecule has 6 nitrogen and oxygen atoms in total. The van der Waals surface area contributed by atoms with E-state index in [9.17, 15) is 4.79 Å². The molecule has 1 rings (SSSR count). The Kier molecular flexibility index (Phi) is 5.01. The average Bonchev–Trinajstić information content (AvgIpc) is 2.58. The fourth-order valence-corrected chi connectivity index (χ4v) is 2.46. The second-order valence-electron chi connectivity index (χ2n) is 4.73. The van der Waals surface area contributed by atoms with E-state index in [4.69, 9.17) is 5.73 Å². The summed E-state index contributed by atoms with van der Waals surface area (Å²) in [5.74, 6) is 0.371. The molecular formula is C11H21N5OS. The monoisotopic (exact) mass is 271 g/mol. The topological polar surface area (TPSA) is 85.8 Å². The van der Waals surface area contributed by atoms with Crippen LogP contribution in [-0.2, 0) is 4.79 Å². The molecule has 1 aromatic rings. The number of rotatable bonds is 5. The van der Waals surface area contributed by atoms with E-state index in [0.29, 0.717) is 11.1 Å². The minimum atomic E-state index is -0.228. The van der Waals surface area contributed by atoms with Crippen molar-refractivity contribution in [3.63, 3.8) is 0 Å². The summed E-state index contributed by atoms with van der Waals surface area (Å²) in [6.45, 7) is 9.72. The number of hydrogen-bond donors (Lipinski definition) is 2. The van der Waals surface area contributed by atoms with E-state index in [1.807, 2.05) is 39.2 Å². The van der Waals surface area contributed by atoms with E-state index < -0.39 is 0 Å². The van der Waals surface area contributed by atoms with Crippen LogP contribution in [-0.4, -0.2) is 32.0 Å².